The Labute approximate surface area is 291 Å². The van der Waals surface area contributed by atoms with Crippen LogP contribution in [0.4, 0.5) is 20.4 Å². The van der Waals surface area contributed by atoms with Gasteiger partial charge in [0.2, 0.25) is 6.73 Å². The predicted molar refractivity (Wildman–Crippen MR) is 190 cm³/mol. The molecule has 8 nitrogen and oxygen atoms in total. The molecule has 2 N–H and O–H groups in total. The number of unbranched alkanes of at least 4 members (excludes halogenated alkanes) is 3. The monoisotopic (exact) mass is 680 g/mol. The summed E-state index contributed by atoms with van der Waals surface area (Å²) in [5.41, 5.74) is 1.65. The molecular formula is C39H56F2N5O3+. The molecule has 4 rings (SSSR count). The molecule has 0 saturated heterocycles. The summed E-state index contributed by atoms with van der Waals surface area (Å²) in [4.78, 5) is 26.8. The molecule has 49 heavy (non-hydrogen) atoms. The highest BCUT2D eigenvalue weighted by Gasteiger charge is 2.40. The van der Waals surface area contributed by atoms with Gasteiger partial charge in [0.15, 0.2) is 0 Å². The zero-order valence-corrected chi connectivity index (χ0v) is 30.1. The quantitative estimate of drug-likeness (QED) is 0.0785. The van der Waals surface area contributed by atoms with E-state index in [1.54, 1.807) is 6.20 Å². The first kappa shape index (κ1) is 38.3. The largest absolute Gasteiger partial charge is 0.415 e. The number of pyridine rings is 3. The second kappa shape index (κ2) is 17.9. The number of hydrogen-bond donors (Lipinski definition) is 2. The van der Waals surface area contributed by atoms with Crippen LogP contribution in [-0.4, -0.2) is 56.9 Å². The maximum absolute atomic E-state index is 13.3. The van der Waals surface area contributed by atoms with Crippen LogP contribution >= 0.6 is 0 Å². The number of aromatic nitrogens is 3. The van der Waals surface area contributed by atoms with Gasteiger partial charge in [0.05, 0.1) is 36.9 Å². The van der Waals surface area contributed by atoms with Crippen molar-refractivity contribution >= 4 is 17.6 Å². The minimum absolute atomic E-state index is 0.0344. The van der Waals surface area contributed by atoms with Gasteiger partial charge in [-0.2, -0.15) is 0 Å². The number of nitrogens with zero attached hydrogens (tertiary/aromatic N) is 4. The minimum Gasteiger partial charge on any atom is -0.415 e. The van der Waals surface area contributed by atoms with E-state index in [0.717, 1.165) is 73.8 Å². The highest BCUT2D eigenvalue weighted by molar-refractivity contribution is 5.72. The molecule has 1 aliphatic rings. The Bertz CT molecular complexity index is 1450. The van der Waals surface area contributed by atoms with E-state index in [1.807, 2.05) is 38.1 Å². The van der Waals surface area contributed by atoms with E-state index in [4.69, 9.17) is 4.74 Å². The number of ether oxygens (including phenoxy) is 1. The fourth-order valence-corrected chi connectivity index (χ4v) is 6.93. The van der Waals surface area contributed by atoms with E-state index in [2.05, 4.69) is 41.0 Å². The summed E-state index contributed by atoms with van der Waals surface area (Å²) in [7, 11) is 0. The SMILES string of the molecule is CCCC[N+](CCCC)(CCCC)COC(=O)C1CCC([C@@](C)(O)c2ccc(-c3cc(C)cc(Nc4cc(C(F)F)ccn4)n3)cn2)CC1. The van der Waals surface area contributed by atoms with E-state index < -0.39 is 12.0 Å². The van der Waals surface area contributed by atoms with Gasteiger partial charge in [-0.3, -0.25) is 14.3 Å². The summed E-state index contributed by atoms with van der Waals surface area (Å²) in [5, 5.41) is 14.7. The minimum atomic E-state index is -2.59. The van der Waals surface area contributed by atoms with Crippen LogP contribution in [-0.2, 0) is 15.1 Å². The molecule has 3 heterocycles. The van der Waals surface area contributed by atoms with E-state index in [1.165, 1.54) is 18.3 Å². The lowest BCUT2D eigenvalue weighted by atomic mass is 9.73. The molecule has 1 aliphatic carbocycles. The number of alkyl halides is 2. The zero-order chi connectivity index (χ0) is 35.4. The molecule has 0 aliphatic heterocycles. The molecule has 3 aromatic rings. The number of carbonyl (C=O) groups is 1. The first-order valence-corrected chi connectivity index (χ1v) is 18.2. The topological polar surface area (TPSA) is 97.2 Å². The van der Waals surface area contributed by atoms with Crippen molar-refractivity contribution in [1.82, 2.24) is 15.0 Å². The molecular weight excluding hydrogens is 624 g/mol. The molecule has 0 unspecified atom stereocenters. The molecule has 1 saturated carbocycles. The third-order valence-electron chi connectivity index (χ3n) is 10.1. The van der Waals surface area contributed by atoms with Gasteiger partial charge in [-0.25, -0.2) is 18.7 Å². The fourth-order valence-electron chi connectivity index (χ4n) is 6.93. The maximum atomic E-state index is 13.3. The molecule has 10 heteroatoms. The van der Waals surface area contributed by atoms with Crippen molar-refractivity contribution in [3.05, 3.63) is 65.6 Å². The van der Waals surface area contributed by atoms with Gasteiger partial charge in [0.25, 0.3) is 6.43 Å². The molecule has 0 spiro atoms. The molecule has 0 radical (unpaired) electrons. The Balaban J connectivity index is 1.37. The number of rotatable bonds is 18. The summed E-state index contributed by atoms with van der Waals surface area (Å²) in [6, 6.07) is 10.1. The van der Waals surface area contributed by atoms with Gasteiger partial charge in [-0.15, -0.1) is 0 Å². The molecule has 0 amide bonds. The number of aryl methyl sites for hydroxylation is 1. The van der Waals surface area contributed by atoms with Gasteiger partial charge in [0.1, 0.15) is 17.2 Å². The van der Waals surface area contributed by atoms with Gasteiger partial charge in [-0.1, -0.05) is 40.0 Å². The molecule has 1 fully saturated rings. The highest BCUT2D eigenvalue weighted by Crippen LogP contribution is 2.41. The number of halogens is 2. The lowest BCUT2D eigenvalue weighted by Gasteiger charge is -2.39. The average molecular weight is 681 g/mol. The van der Waals surface area contributed by atoms with E-state index in [9.17, 15) is 18.7 Å². The first-order valence-electron chi connectivity index (χ1n) is 18.2. The Morgan fingerprint density at radius 2 is 1.61 bits per heavy atom. The first-order chi connectivity index (χ1) is 23.5. The zero-order valence-electron chi connectivity index (χ0n) is 30.1. The number of hydrogen-bond acceptors (Lipinski definition) is 7. The van der Waals surface area contributed by atoms with Crippen molar-refractivity contribution in [3.63, 3.8) is 0 Å². The van der Waals surface area contributed by atoms with Crippen molar-refractivity contribution in [2.45, 2.75) is 111 Å². The summed E-state index contributed by atoms with van der Waals surface area (Å²) in [6.45, 7) is 14.0. The average Bonchev–Trinajstić information content (AvgIpc) is 3.11. The van der Waals surface area contributed by atoms with Crippen LogP contribution in [0.25, 0.3) is 11.3 Å². The number of anilines is 2. The second-order valence-electron chi connectivity index (χ2n) is 14.1. The highest BCUT2D eigenvalue weighted by atomic mass is 19.3. The van der Waals surface area contributed by atoms with Crippen molar-refractivity contribution in [2.75, 3.05) is 31.7 Å². The van der Waals surface area contributed by atoms with Crippen LogP contribution in [0.5, 0.6) is 0 Å². The molecule has 268 valence electrons. The lowest BCUT2D eigenvalue weighted by Crippen LogP contribution is -2.52. The van der Waals surface area contributed by atoms with Gasteiger partial charge < -0.3 is 15.2 Å². The summed E-state index contributed by atoms with van der Waals surface area (Å²) >= 11 is 0. The summed E-state index contributed by atoms with van der Waals surface area (Å²) in [5.74, 6) is 0.494. The summed E-state index contributed by atoms with van der Waals surface area (Å²) in [6.07, 6.45) is 10.1. The number of carbonyl (C=O) groups excluding carboxylic acids is 1. The number of quaternary nitrogens is 1. The fraction of sp³-hybridized carbons (Fsp3) is 0.590. The number of esters is 1. The summed E-state index contributed by atoms with van der Waals surface area (Å²) < 4.78 is 33.3. The van der Waals surface area contributed by atoms with Crippen molar-refractivity contribution < 1.29 is 27.9 Å². The standard InChI is InChI=1S/C39H56F2N5O3/c1-6-9-20-46(21-10-7-2,22-11-8-3)27-49-38(47)29-12-15-32(16-13-29)39(5,48)34-17-14-31(26-43-34)33-23-28(4)24-36(44-33)45-35-25-30(37(40)41)18-19-42-35/h14,17-19,23-26,29,32,37,48H,6-13,15-16,20-22,27H2,1-5H3,(H,42,44,45)/q+1/t29?,32?,39-/m1/s1. The smallest absolute Gasteiger partial charge is 0.313 e. The Morgan fingerprint density at radius 1 is 0.959 bits per heavy atom. The van der Waals surface area contributed by atoms with Crippen LogP contribution in [0, 0.1) is 18.8 Å². The van der Waals surface area contributed by atoms with E-state index >= 15 is 0 Å². The molecule has 3 aromatic heterocycles. The van der Waals surface area contributed by atoms with Crippen molar-refractivity contribution in [1.29, 1.82) is 0 Å². The Kier molecular flexibility index (Phi) is 14.0. The third kappa shape index (κ3) is 10.5. The van der Waals surface area contributed by atoms with Crippen LogP contribution < -0.4 is 5.32 Å². The number of aliphatic hydroxyl groups is 1. The molecule has 0 bridgehead atoms. The van der Waals surface area contributed by atoms with Crippen molar-refractivity contribution in [2.24, 2.45) is 11.8 Å². The van der Waals surface area contributed by atoms with Crippen LogP contribution in [0.3, 0.4) is 0 Å². The van der Waals surface area contributed by atoms with Crippen molar-refractivity contribution in [3.8, 4) is 11.3 Å². The van der Waals surface area contributed by atoms with Gasteiger partial charge >= 0.3 is 5.97 Å². The van der Waals surface area contributed by atoms with Gasteiger partial charge in [-0.05, 0) is 107 Å². The van der Waals surface area contributed by atoms with Crippen LogP contribution in [0.1, 0.15) is 115 Å². The maximum Gasteiger partial charge on any atom is 0.313 e. The predicted octanol–water partition coefficient (Wildman–Crippen LogP) is 9.26. The van der Waals surface area contributed by atoms with Crippen LogP contribution in [0.2, 0.25) is 0 Å². The van der Waals surface area contributed by atoms with Gasteiger partial charge in [0, 0.05) is 23.5 Å². The third-order valence-corrected chi connectivity index (χ3v) is 10.1. The Morgan fingerprint density at radius 3 is 2.18 bits per heavy atom. The molecule has 0 aromatic carbocycles. The lowest BCUT2D eigenvalue weighted by molar-refractivity contribution is -0.944. The van der Waals surface area contributed by atoms with E-state index in [-0.39, 0.29) is 29.2 Å². The second-order valence-corrected chi connectivity index (χ2v) is 14.1. The number of nitrogens with one attached hydrogen (secondary N) is 1. The molecule has 1 atom stereocenters. The van der Waals surface area contributed by atoms with Crippen LogP contribution in [0.15, 0.2) is 48.8 Å². The normalized spacial score (nSPS) is 17.9. The van der Waals surface area contributed by atoms with E-state index in [0.29, 0.717) is 49.6 Å². The Hall–Kier alpha value is -3.50.